The Morgan fingerprint density at radius 3 is 2.61 bits per heavy atom. The van der Waals surface area contributed by atoms with Gasteiger partial charge in [0.2, 0.25) is 0 Å². The van der Waals surface area contributed by atoms with Crippen LogP contribution in [0.25, 0.3) is 0 Å². The maximum atomic E-state index is 3.66. The molecule has 1 heterocycles. The number of anilines is 1. The van der Waals surface area contributed by atoms with Crippen LogP contribution in [-0.4, -0.2) is 25.7 Å². The summed E-state index contributed by atoms with van der Waals surface area (Å²) in [7, 11) is 0. The monoisotopic (exact) mass is 246 g/mol. The molecule has 1 aromatic rings. The molecule has 1 aliphatic rings. The fourth-order valence-electron chi connectivity index (χ4n) is 2.57. The van der Waals surface area contributed by atoms with Gasteiger partial charge in [-0.15, -0.1) is 0 Å². The first-order valence-corrected chi connectivity index (χ1v) is 7.28. The second-order valence-corrected chi connectivity index (χ2v) is 5.62. The number of nitrogens with zero attached hydrogens (tertiary/aromatic N) is 1. The summed E-state index contributed by atoms with van der Waals surface area (Å²) >= 11 is 0. The number of aryl methyl sites for hydroxylation is 1. The molecule has 1 unspecified atom stereocenters. The highest BCUT2D eigenvalue weighted by Gasteiger charge is 2.20. The Kier molecular flexibility index (Phi) is 4.65. The average molecular weight is 246 g/mol. The third-order valence-electron chi connectivity index (χ3n) is 3.94. The van der Waals surface area contributed by atoms with Gasteiger partial charge in [-0.3, -0.25) is 0 Å². The molecule has 2 rings (SSSR count). The highest BCUT2D eigenvalue weighted by Crippen LogP contribution is 2.19. The summed E-state index contributed by atoms with van der Waals surface area (Å²) in [5.74, 6) is 0.695. The molecule has 1 aliphatic heterocycles. The molecule has 1 N–H and O–H groups in total. The minimum absolute atomic E-state index is 0.610. The molecular weight excluding hydrogens is 220 g/mol. The first-order valence-electron chi connectivity index (χ1n) is 7.28. The Morgan fingerprint density at radius 1 is 1.28 bits per heavy atom. The molecule has 1 atom stereocenters. The number of hydrogen-bond acceptors (Lipinski definition) is 2. The molecule has 0 radical (unpaired) electrons. The Bertz CT molecular complexity index is 356. The molecule has 100 valence electrons. The van der Waals surface area contributed by atoms with Gasteiger partial charge < -0.3 is 10.2 Å². The molecule has 1 aromatic carbocycles. The van der Waals surface area contributed by atoms with Crippen molar-refractivity contribution in [3.63, 3.8) is 0 Å². The van der Waals surface area contributed by atoms with Crippen molar-refractivity contribution in [2.45, 2.75) is 39.7 Å². The predicted molar refractivity (Wildman–Crippen MR) is 79.3 cm³/mol. The van der Waals surface area contributed by atoms with Crippen LogP contribution in [0.2, 0.25) is 0 Å². The number of rotatable bonds is 3. The zero-order valence-electron chi connectivity index (χ0n) is 11.9. The van der Waals surface area contributed by atoms with E-state index in [2.05, 4.69) is 55.3 Å². The van der Waals surface area contributed by atoms with Gasteiger partial charge in [-0.25, -0.2) is 0 Å². The van der Waals surface area contributed by atoms with Gasteiger partial charge in [0.25, 0.3) is 0 Å². The van der Waals surface area contributed by atoms with Crippen LogP contribution in [0, 0.1) is 5.92 Å². The van der Waals surface area contributed by atoms with Crippen LogP contribution in [0.4, 0.5) is 5.69 Å². The van der Waals surface area contributed by atoms with Gasteiger partial charge >= 0.3 is 0 Å². The van der Waals surface area contributed by atoms with Crippen LogP contribution in [-0.2, 0) is 6.42 Å². The number of hydrogen-bond donors (Lipinski definition) is 1. The summed E-state index contributed by atoms with van der Waals surface area (Å²) in [5, 5.41) is 3.66. The lowest BCUT2D eigenvalue weighted by Crippen LogP contribution is -2.41. The fourth-order valence-corrected chi connectivity index (χ4v) is 2.57. The van der Waals surface area contributed by atoms with Crippen LogP contribution in [0.1, 0.15) is 32.8 Å². The largest absolute Gasteiger partial charge is 0.370 e. The van der Waals surface area contributed by atoms with Gasteiger partial charge in [-0.05, 0) is 43.0 Å². The highest BCUT2D eigenvalue weighted by molar-refractivity contribution is 5.48. The van der Waals surface area contributed by atoms with Crippen molar-refractivity contribution < 1.29 is 0 Å². The maximum Gasteiger partial charge on any atom is 0.0366 e. The zero-order chi connectivity index (χ0) is 13.0. The summed E-state index contributed by atoms with van der Waals surface area (Å²) in [4.78, 5) is 2.53. The Labute approximate surface area is 111 Å². The molecule has 0 spiro atoms. The molecule has 2 heteroatoms. The van der Waals surface area contributed by atoms with E-state index in [4.69, 9.17) is 0 Å². The standard InChI is InChI=1S/C16H26N2/c1-4-14-6-8-15(9-7-14)18-11-5-10-17-16(12-18)13(2)3/h6-9,13,16-17H,4-5,10-12H2,1-3H3. The molecule has 0 saturated carbocycles. The number of nitrogens with one attached hydrogen (secondary N) is 1. The van der Waals surface area contributed by atoms with E-state index in [0.29, 0.717) is 12.0 Å². The summed E-state index contributed by atoms with van der Waals surface area (Å²) in [6.07, 6.45) is 2.36. The van der Waals surface area contributed by atoms with Gasteiger partial charge in [0.15, 0.2) is 0 Å². The third-order valence-corrected chi connectivity index (χ3v) is 3.94. The highest BCUT2D eigenvalue weighted by atomic mass is 15.2. The van der Waals surface area contributed by atoms with E-state index >= 15 is 0 Å². The van der Waals surface area contributed by atoms with E-state index in [1.165, 1.54) is 24.2 Å². The molecule has 18 heavy (non-hydrogen) atoms. The van der Waals surface area contributed by atoms with Crippen LogP contribution < -0.4 is 10.2 Å². The summed E-state index contributed by atoms with van der Waals surface area (Å²) in [5.41, 5.74) is 2.80. The van der Waals surface area contributed by atoms with E-state index in [0.717, 1.165) is 19.5 Å². The van der Waals surface area contributed by atoms with Crippen molar-refractivity contribution in [3.8, 4) is 0 Å². The van der Waals surface area contributed by atoms with Crippen molar-refractivity contribution in [2.75, 3.05) is 24.5 Å². The van der Waals surface area contributed by atoms with E-state index in [9.17, 15) is 0 Å². The second kappa shape index (κ2) is 6.24. The summed E-state index contributed by atoms with van der Waals surface area (Å²) in [6, 6.07) is 9.69. The molecule has 0 aliphatic carbocycles. The minimum atomic E-state index is 0.610. The topological polar surface area (TPSA) is 15.3 Å². The Hall–Kier alpha value is -1.02. The average Bonchev–Trinajstić information content (AvgIpc) is 2.65. The lowest BCUT2D eigenvalue weighted by Gasteiger charge is -2.28. The van der Waals surface area contributed by atoms with Gasteiger partial charge in [-0.1, -0.05) is 32.9 Å². The Morgan fingerprint density at radius 2 is 2.00 bits per heavy atom. The number of benzene rings is 1. The van der Waals surface area contributed by atoms with E-state index in [-0.39, 0.29) is 0 Å². The molecule has 0 bridgehead atoms. The second-order valence-electron chi connectivity index (χ2n) is 5.62. The molecule has 1 saturated heterocycles. The summed E-state index contributed by atoms with van der Waals surface area (Å²) in [6.45, 7) is 10.3. The fraction of sp³-hybridized carbons (Fsp3) is 0.625. The minimum Gasteiger partial charge on any atom is -0.370 e. The van der Waals surface area contributed by atoms with Crippen molar-refractivity contribution >= 4 is 5.69 Å². The van der Waals surface area contributed by atoms with Crippen LogP contribution >= 0.6 is 0 Å². The van der Waals surface area contributed by atoms with Gasteiger partial charge in [0.1, 0.15) is 0 Å². The maximum absolute atomic E-state index is 3.66. The SMILES string of the molecule is CCc1ccc(N2CCCNC(C(C)C)C2)cc1. The predicted octanol–water partition coefficient (Wildman–Crippen LogP) is 3.07. The molecule has 1 fully saturated rings. The van der Waals surface area contributed by atoms with Crippen molar-refractivity contribution in [1.82, 2.24) is 5.32 Å². The quantitative estimate of drug-likeness (QED) is 0.881. The van der Waals surface area contributed by atoms with Crippen LogP contribution in [0.5, 0.6) is 0 Å². The zero-order valence-corrected chi connectivity index (χ0v) is 11.9. The van der Waals surface area contributed by atoms with Gasteiger partial charge in [0.05, 0.1) is 0 Å². The molecular formula is C16H26N2. The lowest BCUT2D eigenvalue weighted by molar-refractivity contribution is 0.420. The third kappa shape index (κ3) is 3.26. The molecule has 0 aromatic heterocycles. The normalized spacial score (nSPS) is 21.1. The smallest absolute Gasteiger partial charge is 0.0366 e. The van der Waals surface area contributed by atoms with Gasteiger partial charge in [0, 0.05) is 24.8 Å². The first-order chi connectivity index (χ1) is 8.70. The van der Waals surface area contributed by atoms with Crippen LogP contribution in [0.3, 0.4) is 0 Å². The molecule has 2 nitrogen and oxygen atoms in total. The van der Waals surface area contributed by atoms with E-state index < -0.39 is 0 Å². The van der Waals surface area contributed by atoms with Crippen molar-refractivity contribution in [3.05, 3.63) is 29.8 Å². The van der Waals surface area contributed by atoms with E-state index in [1.807, 2.05) is 0 Å². The lowest BCUT2D eigenvalue weighted by atomic mass is 10.0. The summed E-state index contributed by atoms with van der Waals surface area (Å²) < 4.78 is 0. The van der Waals surface area contributed by atoms with Crippen LogP contribution in [0.15, 0.2) is 24.3 Å². The first kappa shape index (κ1) is 13.4. The van der Waals surface area contributed by atoms with Crippen molar-refractivity contribution in [2.24, 2.45) is 5.92 Å². The molecule has 0 amide bonds. The van der Waals surface area contributed by atoms with E-state index in [1.54, 1.807) is 0 Å². The van der Waals surface area contributed by atoms with Gasteiger partial charge in [-0.2, -0.15) is 0 Å². The Balaban J connectivity index is 2.09. The van der Waals surface area contributed by atoms with Crippen molar-refractivity contribution in [1.29, 1.82) is 0 Å².